The van der Waals surface area contributed by atoms with E-state index >= 15 is 0 Å². The van der Waals surface area contributed by atoms with Gasteiger partial charge in [-0.25, -0.2) is 9.59 Å². The lowest BCUT2D eigenvalue weighted by Crippen LogP contribution is -2.35. The highest BCUT2D eigenvalue weighted by Crippen LogP contribution is 2.65. The minimum Gasteiger partial charge on any atom is -0.463 e. The zero-order valence-electron chi connectivity index (χ0n) is 16.2. The Bertz CT molecular complexity index is 616. The molecule has 1 saturated heterocycles. The molecule has 1 aliphatic heterocycles. The molecule has 0 aromatic heterocycles. The van der Waals surface area contributed by atoms with Crippen molar-refractivity contribution in [1.29, 1.82) is 0 Å². The summed E-state index contributed by atoms with van der Waals surface area (Å²) in [4.78, 5) is 35.9. The van der Waals surface area contributed by atoms with Gasteiger partial charge in [0.2, 0.25) is 6.10 Å². The molecule has 27 heavy (non-hydrogen) atoms. The molecule has 150 valence electrons. The van der Waals surface area contributed by atoms with Crippen LogP contribution >= 0.6 is 0 Å². The quantitative estimate of drug-likeness (QED) is 0.522. The zero-order valence-corrected chi connectivity index (χ0v) is 16.2. The standard InChI is InChI=1S/C21H30O6/c1-3-11-7-12(4-2)19-14-8-13(18(11)19)9-15(14)20(23)26-10-17(22)27-16-5-6-25-21(16)24/h11-16,18-19H,3-10H2,1-2H3. The number of fused-ring (bicyclic) bond motifs is 5. The summed E-state index contributed by atoms with van der Waals surface area (Å²) in [7, 11) is 0. The van der Waals surface area contributed by atoms with Crippen LogP contribution < -0.4 is 0 Å². The van der Waals surface area contributed by atoms with Crippen LogP contribution in [0.2, 0.25) is 0 Å². The van der Waals surface area contributed by atoms with E-state index in [1.54, 1.807) is 0 Å². The molecule has 3 saturated carbocycles. The van der Waals surface area contributed by atoms with Gasteiger partial charge in [-0.05, 0) is 54.8 Å². The van der Waals surface area contributed by atoms with Gasteiger partial charge in [-0.15, -0.1) is 0 Å². The molecule has 6 nitrogen and oxygen atoms in total. The summed E-state index contributed by atoms with van der Waals surface area (Å²) in [6, 6.07) is 0. The van der Waals surface area contributed by atoms with Crippen molar-refractivity contribution in [1.82, 2.24) is 0 Å². The molecule has 4 aliphatic rings. The summed E-state index contributed by atoms with van der Waals surface area (Å²) in [6.07, 6.45) is 5.29. The molecule has 0 amide bonds. The first kappa shape index (κ1) is 18.8. The monoisotopic (exact) mass is 378 g/mol. The van der Waals surface area contributed by atoms with Crippen LogP contribution in [-0.4, -0.2) is 37.2 Å². The minimum absolute atomic E-state index is 0.0786. The Morgan fingerprint density at radius 1 is 1.07 bits per heavy atom. The molecule has 2 bridgehead atoms. The fraction of sp³-hybridized carbons (Fsp3) is 0.857. The number of rotatable bonds is 6. The Morgan fingerprint density at radius 3 is 2.48 bits per heavy atom. The molecule has 4 rings (SSSR count). The number of ether oxygens (including phenoxy) is 3. The van der Waals surface area contributed by atoms with E-state index in [0.717, 1.165) is 30.6 Å². The van der Waals surface area contributed by atoms with Gasteiger partial charge < -0.3 is 14.2 Å². The van der Waals surface area contributed by atoms with E-state index in [4.69, 9.17) is 14.2 Å². The predicted molar refractivity (Wildman–Crippen MR) is 95.3 cm³/mol. The molecule has 6 heteroatoms. The van der Waals surface area contributed by atoms with Gasteiger partial charge >= 0.3 is 17.9 Å². The number of esters is 3. The molecular weight excluding hydrogens is 348 g/mol. The van der Waals surface area contributed by atoms with E-state index < -0.39 is 24.6 Å². The highest BCUT2D eigenvalue weighted by molar-refractivity contribution is 5.82. The average molecular weight is 378 g/mol. The zero-order chi connectivity index (χ0) is 19.1. The van der Waals surface area contributed by atoms with E-state index in [2.05, 4.69) is 13.8 Å². The second-order valence-corrected chi connectivity index (χ2v) is 8.77. The van der Waals surface area contributed by atoms with Crippen molar-refractivity contribution in [3.63, 3.8) is 0 Å². The van der Waals surface area contributed by atoms with E-state index in [1.165, 1.54) is 19.3 Å². The molecule has 0 N–H and O–H groups in total. The second kappa shape index (κ2) is 7.44. The van der Waals surface area contributed by atoms with Crippen molar-refractivity contribution in [2.75, 3.05) is 13.2 Å². The highest BCUT2D eigenvalue weighted by Gasteiger charge is 2.61. The normalized spacial score (nSPS) is 42.1. The van der Waals surface area contributed by atoms with Gasteiger partial charge in [-0.2, -0.15) is 0 Å². The fourth-order valence-corrected chi connectivity index (χ4v) is 6.68. The van der Waals surface area contributed by atoms with Crippen molar-refractivity contribution in [3.8, 4) is 0 Å². The van der Waals surface area contributed by atoms with Crippen LogP contribution in [0.4, 0.5) is 0 Å². The Morgan fingerprint density at radius 2 is 1.81 bits per heavy atom. The molecule has 8 unspecified atom stereocenters. The summed E-state index contributed by atoms with van der Waals surface area (Å²) in [5.41, 5.74) is 0. The van der Waals surface area contributed by atoms with Crippen LogP contribution in [0.5, 0.6) is 0 Å². The Balaban J connectivity index is 1.32. The number of cyclic esters (lactones) is 1. The summed E-state index contributed by atoms with van der Waals surface area (Å²) < 4.78 is 15.1. The SMILES string of the molecule is CCC1CC(CC)C2C3CC(CC3C(=O)OCC(=O)OC3CCOC3=O)C12. The van der Waals surface area contributed by atoms with Gasteiger partial charge in [0, 0.05) is 6.42 Å². The number of carbonyl (C=O) groups is 3. The molecule has 0 radical (unpaired) electrons. The van der Waals surface area contributed by atoms with Gasteiger partial charge in [-0.3, -0.25) is 4.79 Å². The second-order valence-electron chi connectivity index (χ2n) is 8.77. The number of hydrogen-bond acceptors (Lipinski definition) is 6. The maximum atomic E-state index is 12.7. The fourth-order valence-electron chi connectivity index (χ4n) is 6.68. The first-order valence-corrected chi connectivity index (χ1v) is 10.6. The van der Waals surface area contributed by atoms with Crippen molar-refractivity contribution in [2.45, 2.75) is 58.5 Å². The van der Waals surface area contributed by atoms with Gasteiger partial charge in [0.05, 0.1) is 12.5 Å². The Hall–Kier alpha value is -1.59. The lowest BCUT2D eigenvalue weighted by Gasteiger charge is -2.34. The van der Waals surface area contributed by atoms with Crippen LogP contribution in [0, 0.1) is 41.4 Å². The molecule has 0 aromatic rings. The number of hydrogen-bond donors (Lipinski definition) is 0. The van der Waals surface area contributed by atoms with Crippen molar-refractivity contribution >= 4 is 17.9 Å². The summed E-state index contributed by atoms with van der Waals surface area (Å²) >= 11 is 0. The first-order chi connectivity index (χ1) is 13.0. The maximum absolute atomic E-state index is 12.7. The van der Waals surface area contributed by atoms with Crippen molar-refractivity contribution in [2.24, 2.45) is 41.4 Å². The number of carbonyl (C=O) groups excluding carboxylic acids is 3. The van der Waals surface area contributed by atoms with E-state index in [9.17, 15) is 14.4 Å². The molecule has 8 atom stereocenters. The third-order valence-corrected chi connectivity index (χ3v) is 7.67. The van der Waals surface area contributed by atoms with E-state index in [0.29, 0.717) is 24.2 Å². The summed E-state index contributed by atoms with van der Waals surface area (Å²) in [6.45, 7) is 4.41. The molecule has 0 spiro atoms. The molecule has 4 fully saturated rings. The lowest BCUT2D eigenvalue weighted by molar-refractivity contribution is -0.169. The Kier molecular flexibility index (Phi) is 5.17. The largest absolute Gasteiger partial charge is 0.463 e. The van der Waals surface area contributed by atoms with Gasteiger partial charge in [0.25, 0.3) is 0 Å². The predicted octanol–water partition coefficient (Wildman–Crippen LogP) is 2.73. The molecular formula is C21H30O6. The molecule has 1 heterocycles. The topological polar surface area (TPSA) is 78.9 Å². The lowest BCUT2D eigenvalue weighted by atomic mass is 9.70. The third kappa shape index (κ3) is 3.25. The van der Waals surface area contributed by atoms with Crippen molar-refractivity contribution in [3.05, 3.63) is 0 Å². The summed E-state index contributed by atoms with van der Waals surface area (Å²) in [5, 5.41) is 0. The average Bonchev–Trinajstić information content (AvgIpc) is 3.41. The van der Waals surface area contributed by atoms with Crippen LogP contribution in [-0.2, 0) is 28.6 Å². The Labute approximate surface area is 160 Å². The molecule has 0 aromatic carbocycles. The van der Waals surface area contributed by atoms with Crippen LogP contribution in [0.1, 0.15) is 52.4 Å². The van der Waals surface area contributed by atoms with Crippen LogP contribution in [0.25, 0.3) is 0 Å². The van der Waals surface area contributed by atoms with Crippen molar-refractivity contribution < 1.29 is 28.6 Å². The maximum Gasteiger partial charge on any atom is 0.347 e. The van der Waals surface area contributed by atoms with Gasteiger partial charge in [0.1, 0.15) is 0 Å². The first-order valence-electron chi connectivity index (χ1n) is 10.6. The smallest absolute Gasteiger partial charge is 0.347 e. The van der Waals surface area contributed by atoms with Gasteiger partial charge in [-0.1, -0.05) is 26.7 Å². The molecule has 3 aliphatic carbocycles. The third-order valence-electron chi connectivity index (χ3n) is 7.67. The van der Waals surface area contributed by atoms with E-state index in [1.807, 2.05) is 0 Å². The summed E-state index contributed by atoms with van der Waals surface area (Å²) in [5.74, 6) is 2.49. The van der Waals surface area contributed by atoms with E-state index in [-0.39, 0.29) is 18.5 Å². The van der Waals surface area contributed by atoms with Crippen LogP contribution in [0.15, 0.2) is 0 Å². The highest BCUT2D eigenvalue weighted by atomic mass is 16.6. The minimum atomic E-state index is -0.853. The van der Waals surface area contributed by atoms with Gasteiger partial charge in [0.15, 0.2) is 6.61 Å². The van der Waals surface area contributed by atoms with Crippen LogP contribution in [0.3, 0.4) is 0 Å².